The van der Waals surface area contributed by atoms with Gasteiger partial charge in [0.15, 0.2) is 11.5 Å². The van der Waals surface area contributed by atoms with Crippen LogP contribution in [-0.4, -0.2) is 30.3 Å². The Hall–Kier alpha value is -3.75. The number of halogens is 1. The molecule has 3 aromatic carbocycles. The molecule has 9 heteroatoms. The summed E-state index contributed by atoms with van der Waals surface area (Å²) in [7, 11) is 3.16. The number of nitrogens with zero attached hydrogens (tertiary/aromatic N) is 3. The van der Waals surface area contributed by atoms with Crippen molar-refractivity contribution >= 4 is 40.0 Å². The highest BCUT2D eigenvalue weighted by atomic mass is 35.5. The molecule has 0 N–H and O–H groups in total. The fourth-order valence-electron chi connectivity index (χ4n) is 3.16. The van der Waals surface area contributed by atoms with Gasteiger partial charge >= 0.3 is 0 Å². The van der Waals surface area contributed by atoms with Gasteiger partial charge in [-0.3, -0.25) is 10.1 Å². The van der Waals surface area contributed by atoms with E-state index in [1.54, 1.807) is 44.7 Å². The van der Waals surface area contributed by atoms with Crippen LogP contribution in [0, 0.1) is 10.1 Å². The van der Waals surface area contributed by atoms with Crippen molar-refractivity contribution < 1.29 is 14.4 Å². The molecule has 0 radical (unpaired) electrons. The Balaban J connectivity index is 1.74. The van der Waals surface area contributed by atoms with Gasteiger partial charge in [0.2, 0.25) is 5.13 Å². The van der Waals surface area contributed by atoms with E-state index < -0.39 is 4.92 Å². The van der Waals surface area contributed by atoms with Crippen LogP contribution in [0.15, 0.2) is 71.7 Å². The number of nitro benzene ring substituents is 1. The second kappa shape index (κ2) is 9.81. The maximum Gasteiger partial charge on any atom is 0.269 e. The van der Waals surface area contributed by atoms with Crippen LogP contribution in [0.2, 0.25) is 5.02 Å². The Morgan fingerprint density at radius 3 is 2.27 bits per heavy atom. The molecule has 4 aromatic rings. The Bertz CT molecular complexity index is 1320. The van der Waals surface area contributed by atoms with Gasteiger partial charge in [0.25, 0.3) is 5.69 Å². The summed E-state index contributed by atoms with van der Waals surface area (Å²) in [6, 6.07) is 19.2. The summed E-state index contributed by atoms with van der Waals surface area (Å²) in [5, 5.41) is 12.2. The zero-order chi connectivity index (χ0) is 23.4. The number of aliphatic imine (C=N–C) groups is 1. The third-order valence-electron chi connectivity index (χ3n) is 4.81. The van der Waals surface area contributed by atoms with Crippen molar-refractivity contribution in [3.8, 4) is 33.2 Å². The molecule has 0 fully saturated rings. The number of hydrogen-bond acceptors (Lipinski definition) is 7. The van der Waals surface area contributed by atoms with Gasteiger partial charge in [0, 0.05) is 28.9 Å². The summed E-state index contributed by atoms with van der Waals surface area (Å²) in [6.07, 6.45) is 1.70. The summed E-state index contributed by atoms with van der Waals surface area (Å²) < 4.78 is 10.6. The Labute approximate surface area is 199 Å². The zero-order valence-electron chi connectivity index (χ0n) is 17.7. The van der Waals surface area contributed by atoms with E-state index in [0.29, 0.717) is 21.7 Å². The van der Waals surface area contributed by atoms with E-state index >= 15 is 0 Å². The highest BCUT2D eigenvalue weighted by molar-refractivity contribution is 7.19. The predicted molar refractivity (Wildman–Crippen MR) is 131 cm³/mol. The second-order valence-corrected chi connectivity index (χ2v) is 8.27. The largest absolute Gasteiger partial charge is 0.493 e. The van der Waals surface area contributed by atoms with E-state index in [0.717, 1.165) is 27.3 Å². The molecule has 1 heterocycles. The number of ether oxygens (including phenoxy) is 2. The fraction of sp³-hybridized carbons (Fsp3) is 0.0833. The van der Waals surface area contributed by atoms with Crippen molar-refractivity contribution in [2.24, 2.45) is 4.99 Å². The molecule has 0 bridgehead atoms. The van der Waals surface area contributed by atoms with Crippen LogP contribution in [0.4, 0.5) is 10.8 Å². The summed E-state index contributed by atoms with van der Waals surface area (Å²) >= 11 is 7.44. The molecule has 4 rings (SSSR count). The molecular formula is C24H18ClN3O4S. The lowest BCUT2D eigenvalue weighted by Gasteiger charge is -2.07. The van der Waals surface area contributed by atoms with Crippen molar-refractivity contribution in [3.05, 3.63) is 87.4 Å². The molecule has 166 valence electrons. The minimum Gasteiger partial charge on any atom is -0.493 e. The normalized spacial score (nSPS) is 11.0. The van der Waals surface area contributed by atoms with E-state index in [-0.39, 0.29) is 5.69 Å². The van der Waals surface area contributed by atoms with Crippen LogP contribution in [0.25, 0.3) is 21.7 Å². The van der Waals surface area contributed by atoms with Crippen LogP contribution >= 0.6 is 22.9 Å². The van der Waals surface area contributed by atoms with E-state index in [1.807, 2.05) is 30.3 Å². The summed E-state index contributed by atoms with van der Waals surface area (Å²) in [4.78, 5) is 20.7. The number of thiazole rings is 1. The molecule has 0 aliphatic carbocycles. The van der Waals surface area contributed by atoms with Gasteiger partial charge in [0.1, 0.15) is 0 Å². The third-order valence-corrected chi connectivity index (χ3v) is 6.07. The van der Waals surface area contributed by atoms with Crippen molar-refractivity contribution in [1.82, 2.24) is 4.98 Å². The Kier molecular flexibility index (Phi) is 6.67. The molecule has 0 saturated heterocycles. The molecule has 0 saturated carbocycles. The first-order chi connectivity index (χ1) is 16.0. The number of methoxy groups -OCH3 is 2. The van der Waals surface area contributed by atoms with Gasteiger partial charge in [-0.2, -0.15) is 0 Å². The van der Waals surface area contributed by atoms with Gasteiger partial charge in [-0.15, -0.1) is 0 Å². The van der Waals surface area contributed by atoms with Gasteiger partial charge in [-0.1, -0.05) is 35.1 Å². The van der Waals surface area contributed by atoms with Crippen LogP contribution in [0.3, 0.4) is 0 Å². The first-order valence-corrected chi connectivity index (χ1v) is 11.0. The van der Waals surface area contributed by atoms with Crippen molar-refractivity contribution in [3.63, 3.8) is 0 Å². The van der Waals surface area contributed by atoms with Gasteiger partial charge in [-0.05, 0) is 53.6 Å². The molecule has 7 nitrogen and oxygen atoms in total. The van der Waals surface area contributed by atoms with Crippen molar-refractivity contribution in [1.29, 1.82) is 0 Å². The first-order valence-electron chi connectivity index (χ1n) is 9.76. The van der Waals surface area contributed by atoms with Crippen LogP contribution in [-0.2, 0) is 0 Å². The molecule has 0 unspecified atom stereocenters. The molecule has 0 amide bonds. The average molecular weight is 480 g/mol. The average Bonchev–Trinajstić information content (AvgIpc) is 3.27. The Morgan fingerprint density at radius 1 is 0.970 bits per heavy atom. The minimum atomic E-state index is -0.421. The molecule has 0 spiro atoms. The standard InChI is InChI=1S/C24H18ClN3O4S/c1-31-20-12-3-15(13-21(20)32-2)14-26-24-27-22(16-4-8-18(25)9-5-16)23(33-24)17-6-10-19(11-7-17)28(29)30/h3-14H,1-2H3/b26-14-. The number of non-ortho nitro benzene ring substituents is 1. The minimum absolute atomic E-state index is 0.0306. The number of benzene rings is 3. The molecule has 0 atom stereocenters. The number of nitro groups is 1. The second-order valence-electron chi connectivity index (χ2n) is 6.86. The lowest BCUT2D eigenvalue weighted by molar-refractivity contribution is -0.384. The fourth-order valence-corrected chi connectivity index (χ4v) is 4.23. The molecule has 33 heavy (non-hydrogen) atoms. The predicted octanol–water partition coefficient (Wildman–Crippen LogP) is 6.81. The highest BCUT2D eigenvalue weighted by Crippen LogP contribution is 2.41. The SMILES string of the molecule is COc1ccc(/C=N\c2nc(-c3ccc(Cl)cc3)c(-c3ccc([N+](=O)[O-])cc3)s2)cc1OC. The maximum atomic E-state index is 11.0. The van der Waals surface area contributed by atoms with Gasteiger partial charge < -0.3 is 9.47 Å². The Morgan fingerprint density at radius 2 is 1.64 bits per heavy atom. The number of hydrogen-bond donors (Lipinski definition) is 0. The van der Waals surface area contributed by atoms with E-state index in [2.05, 4.69) is 4.99 Å². The van der Waals surface area contributed by atoms with Crippen LogP contribution in [0.5, 0.6) is 11.5 Å². The van der Waals surface area contributed by atoms with Gasteiger partial charge in [-0.25, -0.2) is 9.98 Å². The first kappa shape index (κ1) is 22.4. The third kappa shape index (κ3) is 5.02. The van der Waals surface area contributed by atoms with E-state index in [1.165, 1.54) is 23.5 Å². The lowest BCUT2D eigenvalue weighted by atomic mass is 10.1. The van der Waals surface area contributed by atoms with Crippen LogP contribution < -0.4 is 9.47 Å². The molecule has 1 aromatic heterocycles. The lowest BCUT2D eigenvalue weighted by Crippen LogP contribution is -1.91. The van der Waals surface area contributed by atoms with Crippen molar-refractivity contribution in [2.45, 2.75) is 0 Å². The summed E-state index contributed by atoms with van der Waals surface area (Å²) in [5.74, 6) is 1.24. The van der Waals surface area contributed by atoms with Crippen LogP contribution in [0.1, 0.15) is 5.56 Å². The van der Waals surface area contributed by atoms with E-state index in [4.69, 9.17) is 26.1 Å². The highest BCUT2D eigenvalue weighted by Gasteiger charge is 2.16. The molecular weight excluding hydrogens is 462 g/mol. The zero-order valence-corrected chi connectivity index (χ0v) is 19.3. The summed E-state index contributed by atoms with van der Waals surface area (Å²) in [6.45, 7) is 0. The van der Waals surface area contributed by atoms with E-state index in [9.17, 15) is 10.1 Å². The number of rotatable bonds is 7. The molecule has 0 aliphatic rings. The quantitative estimate of drug-likeness (QED) is 0.165. The summed E-state index contributed by atoms with van der Waals surface area (Å²) in [5.41, 5.74) is 3.27. The smallest absolute Gasteiger partial charge is 0.269 e. The van der Waals surface area contributed by atoms with Gasteiger partial charge in [0.05, 0.1) is 29.7 Å². The number of aromatic nitrogens is 1. The maximum absolute atomic E-state index is 11.0. The molecule has 0 aliphatic heterocycles. The monoisotopic (exact) mass is 479 g/mol. The topological polar surface area (TPSA) is 86.9 Å². The van der Waals surface area contributed by atoms with Crippen molar-refractivity contribution in [2.75, 3.05) is 14.2 Å².